The Morgan fingerprint density at radius 3 is 2.47 bits per heavy atom. The molecule has 0 saturated carbocycles. The highest BCUT2D eigenvalue weighted by Gasteiger charge is 2.16. The van der Waals surface area contributed by atoms with E-state index >= 15 is 0 Å². The molecule has 2 N–H and O–H groups in total. The highest BCUT2D eigenvalue weighted by molar-refractivity contribution is 5.37. The van der Waals surface area contributed by atoms with Crippen LogP contribution in [0.5, 0.6) is 6.01 Å². The van der Waals surface area contributed by atoms with Crippen molar-refractivity contribution in [2.45, 2.75) is 46.3 Å². The predicted molar refractivity (Wildman–Crippen MR) is 72.7 cm³/mol. The van der Waals surface area contributed by atoms with Gasteiger partial charge in [-0.3, -0.25) is 0 Å². The minimum atomic E-state index is -0.0405. The molecule has 0 aromatic carbocycles. The van der Waals surface area contributed by atoms with Gasteiger partial charge in [0.05, 0.1) is 18.6 Å². The van der Waals surface area contributed by atoms with Crippen LogP contribution < -0.4 is 15.4 Å². The summed E-state index contributed by atoms with van der Waals surface area (Å²) in [6.07, 6.45) is 0.352. The number of nitrogens with zero attached hydrogens (tertiary/aromatic N) is 5. The molecule has 1 rings (SSSR count). The van der Waals surface area contributed by atoms with Crippen LogP contribution in [-0.4, -0.2) is 33.6 Å². The number of anilines is 2. The summed E-state index contributed by atoms with van der Waals surface area (Å²) in [5, 5.41) is 8.69. The van der Waals surface area contributed by atoms with Gasteiger partial charge in [0.1, 0.15) is 0 Å². The molecule has 0 atom stereocenters. The van der Waals surface area contributed by atoms with E-state index in [-0.39, 0.29) is 24.1 Å². The molecule has 0 radical (unpaired) electrons. The van der Waals surface area contributed by atoms with Gasteiger partial charge in [-0.15, -0.1) is 0 Å². The lowest BCUT2D eigenvalue weighted by atomic mass is 10.3. The van der Waals surface area contributed by atoms with Crippen LogP contribution in [0.3, 0.4) is 0 Å². The van der Waals surface area contributed by atoms with Gasteiger partial charge in [0, 0.05) is 12.6 Å². The van der Waals surface area contributed by atoms with Crippen molar-refractivity contribution < 1.29 is 4.74 Å². The van der Waals surface area contributed by atoms with E-state index in [9.17, 15) is 0 Å². The van der Waals surface area contributed by atoms with E-state index in [0.717, 1.165) is 0 Å². The third-order valence-corrected chi connectivity index (χ3v) is 2.31. The number of hydrogen-bond donors (Lipinski definition) is 1. The summed E-state index contributed by atoms with van der Waals surface area (Å²) in [7, 11) is 0. The van der Waals surface area contributed by atoms with Gasteiger partial charge < -0.3 is 15.4 Å². The Labute approximate surface area is 113 Å². The summed E-state index contributed by atoms with van der Waals surface area (Å²) in [4.78, 5) is 14.2. The predicted octanol–water partition coefficient (Wildman–Crippen LogP) is 1.37. The van der Waals surface area contributed by atoms with Gasteiger partial charge in [-0.1, -0.05) is 0 Å². The Bertz CT molecular complexity index is 454. The van der Waals surface area contributed by atoms with Gasteiger partial charge in [0.25, 0.3) is 0 Å². The van der Waals surface area contributed by atoms with Crippen LogP contribution in [0, 0.1) is 11.3 Å². The Morgan fingerprint density at radius 1 is 1.26 bits per heavy atom. The van der Waals surface area contributed by atoms with E-state index in [0.29, 0.717) is 18.9 Å². The third kappa shape index (κ3) is 4.58. The molecule has 0 spiro atoms. The molecule has 0 bridgehead atoms. The first-order chi connectivity index (χ1) is 8.93. The zero-order valence-electron chi connectivity index (χ0n) is 11.8. The number of nitriles is 1. The number of aromatic nitrogens is 3. The number of rotatable bonds is 6. The number of hydrogen-bond acceptors (Lipinski definition) is 7. The average molecular weight is 264 g/mol. The molecular weight excluding hydrogens is 244 g/mol. The van der Waals surface area contributed by atoms with Crippen LogP contribution in [0.2, 0.25) is 0 Å². The molecular formula is C12H20N6O. The van der Waals surface area contributed by atoms with E-state index in [1.54, 1.807) is 0 Å². The van der Waals surface area contributed by atoms with Gasteiger partial charge in [0.15, 0.2) is 0 Å². The lowest BCUT2D eigenvalue weighted by Crippen LogP contribution is -2.33. The van der Waals surface area contributed by atoms with Crippen molar-refractivity contribution >= 4 is 11.9 Å². The molecule has 1 heterocycles. The maximum atomic E-state index is 8.69. The molecule has 0 aliphatic carbocycles. The molecule has 7 nitrogen and oxygen atoms in total. The average Bonchev–Trinajstić information content (AvgIpc) is 2.27. The van der Waals surface area contributed by atoms with Crippen molar-refractivity contribution in [3.8, 4) is 12.1 Å². The lowest BCUT2D eigenvalue weighted by Gasteiger charge is -2.25. The molecule has 1 aromatic heterocycles. The molecule has 0 unspecified atom stereocenters. The van der Waals surface area contributed by atoms with Crippen molar-refractivity contribution in [2.24, 2.45) is 0 Å². The van der Waals surface area contributed by atoms with Crippen LogP contribution in [0.1, 0.15) is 34.1 Å². The van der Waals surface area contributed by atoms with Crippen molar-refractivity contribution in [2.75, 3.05) is 17.2 Å². The molecule has 19 heavy (non-hydrogen) atoms. The van der Waals surface area contributed by atoms with E-state index in [2.05, 4.69) is 21.0 Å². The standard InChI is InChI=1S/C12H20N6O/c1-8(2)18(7-5-6-13)11-15-10(14)16-12(17-11)19-9(3)4/h8-9H,5,7H2,1-4H3,(H2,14,15,16,17). The van der Waals surface area contributed by atoms with Gasteiger partial charge in [-0.25, -0.2) is 0 Å². The second-order valence-corrected chi connectivity index (χ2v) is 4.64. The molecule has 0 aliphatic rings. The van der Waals surface area contributed by atoms with Crippen molar-refractivity contribution in [3.63, 3.8) is 0 Å². The summed E-state index contributed by atoms with van der Waals surface area (Å²) >= 11 is 0. The van der Waals surface area contributed by atoms with Crippen LogP contribution in [0.15, 0.2) is 0 Å². The second kappa shape index (κ2) is 6.73. The van der Waals surface area contributed by atoms with Crippen molar-refractivity contribution in [1.82, 2.24) is 15.0 Å². The summed E-state index contributed by atoms with van der Waals surface area (Å²) < 4.78 is 5.44. The minimum absolute atomic E-state index is 0.0405. The van der Waals surface area contributed by atoms with Crippen molar-refractivity contribution in [1.29, 1.82) is 5.26 Å². The van der Waals surface area contributed by atoms with E-state index in [4.69, 9.17) is 15.7 Å². The Morgan fingerprint density at radius 2 is 1.95 bits per heavy atom. The number of nitrogens with two attached hydrogens (primary N) is 1. The highest BCUT2D eigenvalue weighted by atomic mass is 16.5. The Hall–Kier alpha value is -2.10. The van der Waals surface area contributed by atoms with Gasteiger partial charge in [-0.05, 0) is 27.7 Å². The van der Waals surface area contributed by atoms with E-state index in [1.807, 2.05) is 32.6 Å². The first kappa shape index (κ1) is 15.0. The fraction of sp³-hybridized carbons (Fsp3) is 0.667. The van der Waals surface area contributed by atoms with Crippen LogP contribution in [-0.2, 0) is 0 Å². The van der Waals surface area contributed by atoms with Crippen LogP contribution >= 0.6 is 0 Å². The highest BCUT2D eigenvalue weighted by Crippen LogP contribution is 2.17. The molecule has 7 heteroatoms. The first-order valence-corrected chi connectivity index (χ1v) is 6.25. The zero-order valence-corrected chi connectivity index (χ0v) is 11.8. The topological polar surface area (TPSA) is 101 Å². The number of ether oxygens (including phenoxy) is 1. The minimum Gasteiger partial charge on any atom is -0.461 e. The van der Waals surface area contributed by atoms with Crippen LogP contribution in [0.25, 0.3) is 0 Å². The summed E-state index contributed by atoms with van der Waals surface area (Å²) in [6, 6.07) is 2.47. The Balaban J connectivity index is 3.02. The fourth-order valence-electron chi connectivity index (χ4n) is 1.51. The normalized spacial score (nSPS) is 10.6. The molecule has 1 aromatic rings. The third-order valence-electron chi connectivity index (χ3n) is 2.31. The van der Waals surface area contributed by atoms with Gasteiger partial charge in [-0.2, -0.15) is 20.2 Å². The van der Waals surface area contributed by atoms with Crippen molar-refractivity contribution in [3.05, 3.63) is 0 Å². The zero-order chi connectivity index (χ0) is 14.4. The Kier molecular flexibility index (Phi) is 5.30. The SMILES string of the molecule is CC(C)Oc1nc(N)nc(N(CCC#N)C(C)C)n1. The molecule has 104 valence electrons. The quantitative estimate of drug-likeness (QED) is 0.827. The molecule has 0 aliphatic heterocycles. The second-order valence-electron chi connectivity index (χ2n) is 4.64. The summed E-state index contributed by atoms with van der Waals surface area (Å²) in [6.45, 7) is 8.31. The van der Waals surface area contributed by atoms with Gasteiger partial charge >= 0.3 is 6.01 Å². The first-order valence-electron chi connectivity index (χ1n) is 6.25. The van der Waals surface area contributed by atoms with E-state index in [1.165, 1.54) is 0 Å². The molecule has 0 amide bonds. The monoisotopic (exact) mass is 264 g/mol. The maximum absolute atomic E-state index is 8.69. The van der Waals surface area contributed by atoms with Crippen LogP contribution in [0.4, 0.5) is 11.9 Å². The fourth-order valence-corrected chi connectivity index (χ4v) is 1.51. The summed E-state index contributed by atoms with van der Waals surface area (Å²) in [5.74, 6) is 0.552. The van der Waals surface area contributed by atoms with E-state index < -0.39 is 0 Å². The smallest absolute Gasteiger partial charge is 0.323 e. The number of nitrogen functional groups attached to an aromatic ring is 1. The maximum Gasteiger partial charge on any atom is 0.323 e. The lowest BCUT2D eigenvalue weighted by molar-refractivity contribution is 0.222. The molecule has 0 saturated heterocycles. The summed E-state index contributed by atoms with van der Waals surface area (Å²) in [5.41, 5.74) is 5.67. The largest absolute Gasteiger partial charge is 0.461 e. The van der Waals surface area contributed by atoms with Gasteiger partial charge in [0.2, 0.25) is 11.9 Å². The molecule has 0 fully saturated rings.